The number of halogens is 1. The first-order valence-corrected chi connectivity index (χ1v) is 15.0. The van der Waals surface area contributed by atoms with Crippen LogP contribution < -0.4 is 4.90 Å². The van der Waals surface area contributed by atoms with E-state index in [9.17, 15) is 9.90 Å². The maximum absolute atomic E-state index is 12.5. The highest BCUT2D eigenvalue weighted by Gasteiger charge is 2.32. The molecule has 1 aliphatic heterocycles. The van der Waals surface area contributed by atoms with Gasteiger partial charge in [-0.1, -0.05) is 23.7 Å². The van der Waals surface area contributed by atoms with Gasteiger partial charge in [-0.15, -0.1) is 11.3 Å². The maximum Gasteiger partial charge on any atom is 0.337 e. The van der Waals surface area contributed by atoms with Crippen LogP contribution in [0.5, 0.6) is 0 Å². The van der Waals surface area contributed by atoms with E-state index in [2.05, 4.69) is 28.6 Å². The molecule has 2 aromatic heterocycles. The van der Waals surface area contributed by atoms with E-state index in [1.165, 1.54) is 11.3 Å². The molecule has 1 saturated heterocycles. The van der Waals surface area contributed by atoms with Gasteiger partial charge in [0.15, 0.2) is 6.10 Å². The summed E-state index contributed by atoms with van der Waals surface area (Å²) >= 11 is 7.67. The Balaban J connectivity index is 1.63. The Morgan fingerprint density at radius 3 is 2.37 bits per heavy atom. The first-order chi connectivity index (χ1) is 19.4. The van der Waals surface area contributed by atoms with Crippen LogP contribution in [0.3, 0.4) is 0 Å². The van der Waals surface area contributed by atoms with Crippen molar-refractivity contribution in [1.29, 1.82) is 0 Å². The number of aromatic nitrogens is 3. The molecule has 216 valence electrons. The summed E-state index contributed by atoms with van der Waals surface area (Å²) in [6.07, 6.45) is 2.34. The quantitative estimate of drug-likeness (QED) is 0.249. The number of fused-ring (bicyclic) bond motifs is 1. The van der Waals surface area contributed by atoms with Crippen LogP contribution in [0.2, 0.25) is 5.02 Å². The number of rotatable bonds is 7. The summed E-state index contributed by atoms with van der Waals surface area (Å²) in [5.74, 6) is -0.237. The zero-order chi connectivity index (χ0) is 29.5. The normalized spacial score (nSPS) is 15.6. The highest BCUT2D eigenvalue weighted by atomic mass is 35.5. The first-order valence-electron chi connectivity index (χ1n) is 13.8. The van der Waals surface area contributed by atoms with Crippen LogP contribution >= 0.6 is 22.9 Å². The molecular formula is C31H36ClN5O3S. The third-order valence-electron chi connectivity index (χ3n) is 7.24. The Labute approximate surface area is 250 Å². The Hall–Kier alpha value is -3.11. The summed E-state index contributed by atoms with van der Waals surface area (Å²) in [6.45, 7) is 15.6. The van der Waals surface area contributed by atoms with Gasteiger partial charge >= 0.3 is 5.97 Å². The van der Waals surface area contributed by atoms with Crippen molar-refractivity contribution in [2.75, 3.05) is 31.1 Å². The molecule has 2 aromatic carbocycles. The number of piperazine rings is 1. The Morgan fingerprint density at radius 2 is 1.76 bits per heavy atom. The van der Waals surface area contributed by atoms with E-state index in [1.807, 2.05) is 58.0 Å². The number of aryl methyl sites for hydroxylation is 1. The average molecular weight is 594 g/mol. The summed E-state index contributed by atoms with van der Waals surface area (Å²) in [7, 11) is 0. The molecule has 1 N–H and O–H groups in total. The molecule has 0 unspecified atom stereocenters. The molecule has 10 heteroatoms. The Bertz CT molecular complexity index is 1560. The molecule has 1 aliphatic rings. The minimum atomic E-state index is -1.18. The van der Waals surface area contributed by atoms with E-state index in [0.717, 1.165) is 53.4 Å². The van der Waals surface area contributed by atoms with Crippen molar-refractivity contribution in [1.82, 2.24) is 19.9 Å². The summed E-state index contributed by atoms with van der Waals surface area (Å²) < 4.78 is 6.95. The molecule has 0 aliphatic carbocycles. The van der Waals surface area contributed by atoms with Crippen LogP contribution in [-0.2, 0) is 9.53 Å². The standard InChI is InChI=1S/C31H36ClN5O3S/c1-18(2)36-11-13-37(14-12-36)24-17-33-16-23(34-24)29-35-26-25(27(30(38)39)40-31(4,5)6)19(3)15-22(28(26)41-29)20-7-9-21(32)10-8-20/h7-10,15-18,27H,11-14H2,1-6H3,(H,38,39)/t27-/m0/s1. The number of benzene rings is 2. The van der Waals surface area contributed by atoms with Gasteiger partial charge < -0.3 is 14.7 Å². The van der Waals surface area contributed by atoms with E-state index >= 15 is 0 Å². The van der Waals surface area contributed by atoms with Crippen molar-refractivity contribution in [3.63, 3.8) is 0 Å². The molecule has 1 atom stereocenters. The lowest BCUT2D eigenvalue weighted by Crippen LogP contribution is -2.49. The topological polar surface area (TPSA) is 91.7 Å². The summed E-state index contributed by atoms with van der Waals surface area (Å²) in [5, 5.41) is 11.6. The van der Waals surface area contributed by atoms with Gasteiger partial charge in [-0.25, -0.2) is 14.8 Å². The maximum atomic E-state index is 12.5. The van der Waals surface area contributed by atoms with Gasteiger partial charge in [0.1, 0.15) is 16.5 Å². The second-order valence-corrected chi connectivity index (χ2v) is 13.1. The van der Waals surface area contributed by atoms with Gasteiger partial charge in [0.25, 0.3) is 0 Å². The largest absolute Gasteiger partial charge is 0.479 e. The molecule has 0 amide bonds. The minimum absolute atomic E-state index is 0.515. The van der Waals surface area contributed by atoms with Crippen LogP contribution in [0.15, 0.2) is 42.7 Å². The molecule has 0 radical (unpaired) electrons. The van der Waals surface area contributed by atoms with Gasteiger partial charge in [-0.05, 0) is 70.9 Å². The smallest absolute Gasteiger partial charge is 0.337 e. The molecule has 3 heterocycles. The number of thiazole rings is 1. The van der Waals surface area contributed by atoms with Crippen molar-refractivity contribution >= 4 is 44.9 Å². The molecule has 0 bridgehead atoms. The Kier molecular flexibility index (Phi) is 8.34. The summed E-state index contributed by atoms with van der Waals surface area (Å²) in [5.41, 5.74) is 3.85. The van der Waals surface area contributed by atoms with Gasteiger partial charge in [0.2, 0.25) is 0 Å². The number of nitrogens with zero attached hydrogens (tertiary/aromatic N) is 5. The Morgan fingerprint density at radius 1 is 1.07 bits per heavy atom. The van der Waals surface area contributed by atoms with Crippen LogP contribution in [0, 0.1) is 6.92 Å². The van der Waals surface area contributed by atoms with Crippen molar-refractivity contribution in [3.05, 3.63) is 58.9 Å². The third kappa shape index (κ3) is 6.38. The van der Waals surface area contributed by atoms with Crippen molar-refractivity contribution < 1.29 is 14.6 Å². The second-order valence-electron chi connectivity index (χ2n) is 11.7. The number of hydrogen-bond donors (Lipinski definition) is 1. The molecule has 0 saturated carbocycles. The molecule has 41 heavy (non-hydrogen) atoms. The predicted molar refractivity (Wildman–Crippen MR) is 166 cm³/mol. The lowest BCUT2D eigenvalue weighted by molar-refractivity contribution is -0.160. The third-order valence-corrected chi connectivity index (χ3v) is 8.60. The van der Waals surface area contributed by atoms with Crippen LogP contribution in [0.25, 0.3) is 32.0 Å². The number of ether oxygens (including phenoxy) is 1. The number of aliphatic carboxylic acids is 1. The van der Waals surface area contributed by atoms with Crippen LogP contribution in [0.1, 0.15) is 51.8 Å². The van der Waals surface area contributed by atoms with E-state index in [0.29, 0.717) is 32.8 Å². The fraction of sp³-hybridized carbons (Fsp3) is 0.419. The molecule has 1 fully saturated rings. The predicted octanol–water partition coefficient (Wildman–Crippen LogP) is 6.85. The van der Waals surface area contributed by atoms with E-state index in [1.54, 1.807) is 12.4 Å². The molecule has 8 nitrogen and oxygen atoms in total. The minimum Gasteiger partial charge on any atom is -0.479 e. The summed E-state index contributed by atoms with van der Waals surface area (Å²) in [6, 6.07) is 10.2. The lowest BCUT2D eigenvalue weighted by Gasteiger charge is -2.37. The van der Waals surface area contributed by atoms with E-state index in [4.69, 9.17) is 26.3 Å². The van der Waals surface area contributed by atoms with Gasteiger partial charge in [0, 0.05) is 48.4 Å². The SMILES string of the molecule is Cc1cc(-c2ccc(Cl)cc2)c2sc(-c3cncc(N4CCN(C(C)C)CC4)n3)nc2c1[C@H](OC(C)(C)C)C(=O)O. The number of carbonyl (C=O) groups is 1. The number of carboxylic acid groups (broad SMARTS) is 1. The van der Waals surface area contributed by atoms with E-state index in [-0.39, 0.29) is 0 Å². The first kappa shape index (κ1) is 29.4. The number of carboxylic acids is 1. The number of anilines is 1. The summed E-state index contributed by atoms with van der Waals surface area (Å²) in [4.78, 5) is 31.8. The van der Waals surface area contributed by atoms with Gasteiger partial charge in [-0.2, -0.15) is 0 Å². The lowest BCUT2D eigenvalue weighted by atomic mass is 9.95. The van der Waals surface area contributed by atoms with Crippen molar-refractivity contribution in [2.45, 2.75) is 59.3 Å². The number of hydrogen-bond acceptors (Lipinski definition) is 8. The van der Waals surface area contributed by atoms with Crippen molar-refractivity contribution in [2.24, 2.45) is 0 Å². The highest BCUT2D eigenvalue weighted by Crippen LogP contribution is 2.43. The zero-order valence-corrected chi connectivity index (χ0v) is 25.9. The molecule has 4 aromatic rings. The zero-order valence-electron chi connectivity index (χ0n) is 24.3. The molecule has 0 spiro atoms. The van der Waals surface area contributed by atoms with Gasteiger partial charge in [-0.3, -0.25) is 9.88 Å². The van der Waals surface area contributed by atoms with E-state index < -0.39 is 17.7 Å². The van der Waals surface area contributed by atoms with Crippen LogP contribution in [0.4, 0.5) is 5.82 Å². The second kappa shape index (κ2) is 11.6. The monoisotopic (exact) mass is 593 g/mol. The highest BCUT2D eigenvalue weighted by molar-refractivity contribution is 7.22. The van der Waals surface area contributed by atoms with Crippen LogP contribution in [-0.4, -0.2) is 68.7 Å². The fourth-order valence-corrected chi connectivity index (χ4v) is 6.38. The average Bonchev–Trinajstić information content (AvgIpc) is 3.37. The molecule has 5 rings (SSSR count). The molecular weight excluding hydrogens is 558 g/mol. The van der Waals surface area contributed by atoms with Gasteiger partial charge in [0.05, 0.1) is 28.2 Å². The fourth-order valence-electron chi connectivity index (χ4n) is 5.18. The van der Waals surface area contributed by atoms with Crippen molar-refractivity contribution in [3.8, 4) is 21.8 Å².